The van der Waals surface area contributed by atoms with Crippen molar-refractivity contribution in [1.82, 2.24) is 9.55 Å². The largest absolute Gasteiger partial charge is 0.490 e. The smallest absolute Gasteiger partial charge is 0.380 e. The molecular weight excluding hydrogens is 524 g/mol. The first-order valence-electron chi connectivity index (χ1n) is 8.18. The van der Waals surface area contributed by atoms with Gasteiger partial charge in [0.2, 0.25) is 5.60 Å². The minimum atomic E-state index is -5.96. The van der Waals surface area contributed by atoms with Gasteiger partial charge in [0.05, 0.1) is 0 Å². The summed E-state index contributed by atoms with van der Waals surface area (Å²) in [6, 6.07) is 0.793. The number of H-pyrrole nitrogens is 1. The van der Waals surface area contributed by atoms with E-state index in [1.165, 1.54) is 0 Å². The van der Waals surface area contributed by atoms with Crippen LogP contribution in [-0.2, 0) is 31.6 Å². The Kier molecular flexibility index (Phi) is 6.11. The first-order chi connectivity index (χ1) is 14.9. The fourth-order valence-electron chi connectivity index (χ4n) is 3.45. The second-order valence-electron chi connectivity index (χ2n) is 6.76. The minimum absolute atomic E-state index is 0.477. The van der Waals surface area contributed by atoms with Crippen molar-refractivity contribution in [3.8, 4) is 12.3 Å². The summed E-state index contributed by atoms with van der Waals surface area (Å²) in [5.74, 6) is 1.65. The molecule has 7 atom stereocenters. The molecule has 1 saturated heterocycles. The minimum Gasteiger partial charge on any atom is -0.380 e. The second-order valence-corrected chi connectivity index (χ2v) is 11.1. The number of halogens is 1. The molecule has 0 spiro atoms. The van der Waals surface area contributed by atoms with Gasteiger partial charge in [-0.2, -0.15) is 8.62 Å². The van der Waals surface area contributed by atoms with Gasteiger partial charge >= 0.3 is 29.2 Å². The van der Waals surface area contributed by atoms with Crippen molar-refractivity contribution in [3.63, 3.8) is 0 Å². The third-order valence-corrected chi connectivity index (χ3v) is 8.61. The zero-order valence-corrected chi connectivity index (χ0v) is 18.3. The lowest BCUT2D eigenvalue weighted by molar-refractivity contribution is -0.147. The van der Waals surface area contributed by atoms with Crippen LogP contribution < -0.4 is 11.2 Å². The van der Waals surface area contributed by atoms with E-state index >= 15 is 0 Å². The highest BCUT2D eigenvalue weighted by atomic mass is 31.3. The highest BCUT2D eigenvalue weighted by Crippen LogP contribution is 2.74. The van der Waals surface area contributed by atoms with Crippen LogP contribution in [0.4, 0.5) is 4.39 Å². The molecule has 0 bridgehead atoms. The van der Waals surface area contributed by atoms with E-state index in [1.807, 2.05) is 0 Å². The molecule has 33 heavy (non-hydrogen) atoms. The van der Waals surface area contributed by atoms with Gasteiger partial charge in [0.25, 0.3) is 5.56 Å². The van der Waals surface area contributed by atoms with Crippen LogP contribution in [0.25, 0.3) is 0 Å². The Bertz CT molecular complexity index is 1280. The van der Waals surface area contributed by atoms with Crippen molar-refractivity contribution in [1.29, 1.82) is 0 Å². The topological polar surface area (TPSA) is 264 Å². The molecule has 2 aliphatic rings. The number of aromatic amines is 1. The Hall–Kier alpha value is -1.54. The van der Waals surface area contributed by atoms with Gasteiger partial charge in [0.15, 0.2) is 17.4 Å². The number of nitrogens with zero attached hydrogens (tertiary/aromatic N) is 1. The lowest BCUT2D eigenvalue weighted by Crippen LogP contribution is -2.52. The number of alkyl halides is 1. The molecule has 3 rings (SSSR count). The molecule has 184 valence electrons. The first-order valence-corrected chi connectivity index (χ1v) is 12.7. The molecule has 2 fully saturated rings. The van der Waals surface area contributed by atoms with Gasteiger partial charge in [-0.15, -0.1) is 6.42 Å². The number of terminal acetylenes is 1. The molecule has 17 nitrogen and oxygen atoms in total. The number of phosphoric acid groups is 3. The standard InChI is InChI=1S/C12H14FN2O15P3/c1-2-10(18)8(15-4-3-6(16)14-9(15)17)27-11(5-13)7(12(10,11)19)28-32(23,24)30-33(25,26)29-31(20,21)22/h1,3-4,7-8,18-19H,5H2,(H,23,24)(H,25,26)(H,14,16,17)(H2,20,21,22). The van der Waals surface area contributed by atoms with Gasteiger partial charge in [0, 0.05) is 12.3 Å². The summed E-state index contributed by atoms with van der Waals surface area (Å²) in [4.78, 5) is 61.0. The van der Waals surface area contributed by atoms with E-state index in [4.69, 9.17) is 20.9 Å². The Balaban J connectivity index is 1.94. The molecule has 0 aromatic carbocycles. The Morgan fingerprint density at radius 1 is 1.18 bits per heavy atom. The van der Waals surface area contributed by atoms with Crippen LogP contribution >= 0.6 is 23.5 Å². The van der Waals surface area contributed by atoms with Crippen molar-refractivity contribution in [3.05, 3.63) is 33.1 Å². The van der Waals surface area contributed by atoms with E-state index in [0.29, 0.717) is 4.57 Å². The molecule has 21 heteroatoms. The molecule has 0 amide bonds. The highest BCUT2D eigenvalue weighted by molar-refractivity contribution is 7.66. The molecule has 1 saturated carbocycles. The number of phosphoric ester groups is 1. The SMILES string of the molecule is C#CC1(O)C(n2ccc(=O)[nH]c2=O)OC2(CF)C(OP(=O)(O)OP(=O)(O)OP(=O)(O)O)C12O. The van der Waals surface area contributed by atoms with Gasteiger partial charge in [-0.3, -0.25) is 18.9 Å². The van der Waals surface area contributed by atoms with Gasteiger partial charge in [-0.1, -0.05) is 5.92 Å². The van der Waals surface area contributed by atoms with E-state index in [-0.39, 0.29) is 0 Å². The van der Waals surface area contributed by atoms with Crippen LogP contribution in [0.5, 0.6) is 0 Å². The fourth-order valence-corrected chi connectivity index (χ4v) is 6.70. The fraction of sp³-hybridized carbons (Fsp3) is 0.500. The van der Waals surface area contributed by atoms with Crippen molar-refractivity contribution in [2.75, 3.05) is 6.67 Å². The maximum absolute atomic E-state index is 14.0. The molecule has 2 heterocycles. The average Bonchev–Trinajstić information content (AvgIpc) is 3.05. The molecule has 1 aliphatic carbocycles. The number of hydrogen-bond acceptors (Lipinski definition) is 11. The lowest BCUT2D eigenvalue weighted by atomic mass is 9.92. The van der Waals surface area contributed by atoms with Gasteiger partial charge in [-0.25, -0.2) is 22.9 Å². The van der Waals surface area contributed by atoms with E-state index in [0.717, 1.165) is 12.3 Å². The zero-order chi connectivity index (χ0) is 25.3. The number of aromatic nitrogens is 2. The Labute approximate surface area is 180 Å². The molecule has 1 aromatic heterocycles. The average molecular weight is 538 g/mol. The summed E-state index contributed by atoms with van der Waals surface area (Å²) in [6.45, 7) is -1.78. The number of nitrogens with one attached hydrogen (secondary N) is 1. The van der Waals surface area contributed by atoms with Crippen LogP contribution in [0.2, 0.25) is 0 Å². The van der Waals surface area contributed by atoms with E-state index < -0.39 is 70.5 Å². The summed E-state index contributed by atoms with van der Waals surface area (Å²) in [5.41, 5.74) is -10.9. The van der Waals surface area contributed by atoms with Crippen LogP contribution in [0.1, 0.15) is 6.23 Å². The molecular formula is C12H14FN2O15P3. The van der Waals surface area contributed by atoms with Gasteiger partial charge in [0.1, 0.15) is 12.8 Å². The monoisotopic (exact) mass is 538 g/mol. The highest BCUT2D eigenvalue weighted by Gasteiger charge is 2.95. The Morgan fingerprint density at radius 2 is 1.79 bits per heavy atom. The maximum atomic E-state index is 14.0. The van der Waals surface area contributed by atoms with E-state index in [9.17, 15) is 47.7 Å². The first kappa shape index (κ1) is 26.1. The summed E-state index contributed by atoms with van der Waals surface area (Å²) < 4.78 is 65.2. The summed E-state index contributed by atoms with van der Waals surface area (Å²) in [6.07, 6.45) is 1.57. The number of aliphatic hydroxyl groups is 2. The quantitative estimate of drug-likeness (QED) is 0.134. The third-order valence-electron chi connectivity index (χ3n) is 4.80. The van der Waals surface area contributed by atoms with Crippen LogP contribution in [-0.4, -0.2) is 68.9 Å². The molecule has 7 N–H and O–H groups in total. The van der Waals surface area contributed by atoms with Crippen LogP contribution in [0.15, 0.2) is 21.9 Å². The number of ether oxygens (including phenoxy) is 1. The van der Waals surface area contributed by atoms with E-state index in [2.05, 4.69) is 13.1 Å². The van der Waals surface area contributed by atoms with Crippen molar-refractivity contribution >= 4 is 23.5 Å². The second kappa shape index (κ2) is 7.74. The normalized spacial score (nSPS) is 36.9. The van der Waals surface area contributed by atoms with Crippen LogP contribution in [0.3, 0.4) is 0 Å². The predicted octanol–water partition coefficient (Wildman–Crippen LogP) is -2.41. The lowest BCUT2D eigenvalue weighted by Gasteiger charge is -2.32. The molecule has 7 unspecified atom stereocenters. The van der Waals surface area contributed by atoms with Crippen LogP contribution in [0, 0.1) is 12.3 Å². The predicted molar refractivity (Wildman–Crippen MR) is 97.6 cm³/mol. The van der Waals surface area contributed by atoms with Crippen molar-refractivity contribution in [2.45, 2.75) is 29.1 Å². The van der Waals surface area contributed by atoms with Crippen molar-refractivity contribution < 1.29 is 65.8 Å². The number of rotatable bonds is 8. The van der Waals surface area contributed by atoms with E-state index in [1.54, 1.807) is 10.9 Å². The summed E-state index contributed by atoms with van der Waals surface area (Å²) in [5, 5.41) is 21.8. The summed E-state index contributed by atoms with van der Waals surface area (Å²) in [7, 11) is -17.6. The summed E-state index contributed by atoms with van der Waals surface area (Å²) >= 11 is 0. The molecule has 1 aromatic rings. The molecule has 1 aliphatic heterocycles. The number of fused-ring (bicyclic) bond motifs is 1. The molecule has 0 radical (unpaired) electrons. The zero-order valence-electron chi connectivity index (χ0n) is 15.6. The Morgan fingerprint density at radius 3 is 2.27 bits per heavy atom. The maximum Gasteiger partial charge on any atom is 0.490 e. The van der Waals surface area contributed by atoms with Gasteiger partial charge in [-0.05, 0) is 0 Å². The van der Waals surface area contributed by atoms with Gasteiger partial charge < -0.3 is 34.5 Å². The third kappa shape index (κ3) is 4.11. The van der Waals surface area contributed by atoms with Crippen molar-refractivity contribution in [2.24, 2.45) is 0 Å². The number of hydrogen-bond donors (Lipinski definition) is 7.